The molecule has 2 fully saturated rings. The predicted octanol–water partition coefficient (Wildman–Crippen LogP) is 2.55. The molecule has 2 saturated heterocycles. The Kier molecular flexibility index (Phi) is 4.57. The highest BCUT2D eigenvalue weighted by Crippen LogP contribution is 2.33. The van der Waals surface area contributed by atoms with Crippen molar-refractivity contribution in [2.24, 2.45) is 0 Å². The minimum atomic E-state index is -1.26. The van der Waals surface area contributed by atoms with E-state index in [9.17, 15) is 18.8 Å². The number of benzene rings is 1. The Labute approximate surface area is 141 Å². The fourth-order valence-electron chi connectivity index (χ4n) is 2.75. The van der Waals surface area contributed by atoms with Gasteiger partial charge in [-0.1, -0.05) is 6.07 Å². The minimum Gasteiger partial charge on any atom is -0.480 e. The lowest BCUT2D eigenvalue weighted by Crippen LogP contribution is -2.33. The third-order valence-corrected chi connectivity index (χ3v) is 4.79. The Hall–Kier alpha value is -2.35. The second-order valence-electron chi connectivity index (χ2n) is 5.57. The lowest BCUT2D eigenvalue weighted by atomic mass is 10.1. The van der Waals surface area contributed by atoms with Crippen molar-refractivity contribution in [3.63, 3.8) is 0 Å². The van der Waals surface area contributed by atoms with E-state index in [1.807, 2.05) is 4.90 Å². The van der Waals surface area contributed by atoms with Gasteiger partial charge in [0, 0.05) is 13.1 Å². The molecule has 2 amide bonds. The normalized spacial score (nSPS) is 19.6. The zero-order chi connectivity index (χ0) is 17.3. The van der Waals surface area contributed by atoms with Crippen LogP contribution in [0.4, 0.5) is 14.9 Å². The highest BCUT2D eigenvalue weighted by atomic mass is 32.2. The Bertz CT molecular complexity index is 744. The zero-order valence-corrected chi connectivity index (χ0v) is 13.5. The number of nitrogens with zero attached hydrogens (tertiary/aromatic N) is 2. The van der Waals surface area contributed by atoms with Crippen molar-refractivity contribution in [1.29, 1.82) is 0 Å². The number of carboxylic acid groups (broad SMARTS) is 1. The molecule has 0 bridgehead atoms. The predicted molar refractivity (Wildman–Crippen MR) is 88.2 cm³/mol. The number of hydrogen-bond acceptors (Lipinski definition) is 5. The Morgan fingerprint density at radius 3 is 2.62 bits per heavy atom. The van der Waals surface area contributed by atoms with E-state index in [2.05, 4.69) is 0 Å². The maximum Gasteiger partial charge on any atom is 0.323 e. The van der Waals surface area contributed by atoms with E-state index in [0.717, 1.165) is 25.9 Å². The van der Waals surface area contributed by atoms with Crippen LogP contribution in [-0.2, 0) is 9.59 Å². The number of hydrogen-bond donors (Lipinski definition) is 1. The smallest absolute Gasteiger partial charge is 0.323 e. The molecule has 1 N–H and O–H groups in total. The number of rotatable bonds is 4. The number of carbonyl (C=O) groups excluding carboxylic acids is 2. The molecule has 0 aliphatic carbocycles. The van der Waals surface area contributed by atoms with Crippen molar-refractivity contribution in [2.75, 3.05) is 24.5 Å². The van der Waals surface area contributed by atoms with E-state index in [1.165, 1.54) is 12.1 Å². The number of thioether (sulfide) groups is 1. The van der Waals surface area contributed by atoms with Gasteiger partial charge in [0.25, 0.3) is 11.1 Å². The van der Waals surface area contributed by atoms with Gasteiger partial charge in [0.1, 0.15) is 12.4 Å². The average molecular weight is 350 g/mol. The van der Waals surface area contributed by atoms with Gasteiger partial charge in [-0.05, 0) is 48.4 Å². The molecule has 0 aromatic heterocycles. The second kappa shape index (κ2) is 6.64. The molecule has 0 saturated carbocycles. The second-order valence-corrected chi connectivity index (χ2v) is 6.56. The molecule has 0 radical (unpaired) electrons. The minimum absolute atomic E-state index is 0.0922. The first-order chi connectivity index (χ1) is 11.5. The van der Waals surface area contributed by atoms with Crippen molar-refractivity contribution < 1.29 is 23.9 Å². The summed E-state index contributed by atoms with van der Waals surface area (Å²) < 4.78 is 14.3. The molecule has 24 heavy (non-hydrogen) atoms. The molecule has 2 heterocycles. The Balaban J connectivity index is 1.81. The van der Waals surface area contributed by atoms with Crippen LogP contribution in [0.15, 0.2) is 23.1 Å². The van der Waals surface area contributed by atoms with Crippen molar-refractivity contribution in [2.45, 2.75) is 12.8 Å². The molecule has 1 aromatic carbocycles. The van der Waals surface area contributed by atoms with Crippen LogP contribution in [0.25, 0.3) is 6.08 Å². The summed E-state index contributed by atoms with van der Waals surface area (Å²) in [6.07, 6.45) is 3.49. The quantitative estimate of drug-likeness (QED) is 0.841. The lowest BCUT2D eigenvalue weighted by molar-refractivity contribution is -0.140. The molecule has 6 nitrogen and oxygen atoms in total. The standard InChI is InChI=1S/C16H15FN2O4S/c17-11-7-10(3-4-12(11)18-5-1-2-6-18)8-13-15(22)19(9-14(20)21)16(23)24-13/h3-4,7-8H,1-2,5-6,9H2,(H,20,21)/b13-8+. The van der Waals surface area contributed by atoms with E-state index in [0.29, 0.717) is 27.9 Å². The molecule has 0 spiro atoms. The van der Waals surface area contributed by atoms with Gasteiger partial charge >= 0.3 is 5.97 Å². The highest BCUT2D eigenvalue weighted by Gasteiger charge is 2.36. The maximum atomic E-state index is 14.3. The number of carboxylic acids is 1. The number of aliphatic carboxylic acids is 1. The monoisotopic (exact) mass is 350 g/mol. The summed E-state index contributed by atoms with van der Waals surface area (Å²) in [6, 6.07) is 4.66. The summed E-state index contributed by atoms with van der Waals surface area (Å²) in [6.45, 7) is 0.971. The summed E-state index contributed by atoms with van der Waals surface area (Å²) in [4.78, 5) is 37.2. The van der Waals surface area contributed by atoms with Gasteiger partial charge in [0.2, 0.25) is 0 Å². The highest BCUT2D eigenvalue weighted by molar-refractivity contribution is 8.18. The van der Waals surface area contributed by atoms with Gasteiger partial charge in [0.05, 0.1) is 10.6 Å². The van der Waals surface area contributed by atoms with Crippen molar-refractivity contribution >= 4 is 40.6 Å². The van der Waals surface area contributed by atoms with Gasteiger partial charge in [-0.15, -0.1) is 0 Å². The van der Waals surface area contributed by atoms with Crippen LogP contribution in [0.5, 0.6) is 0 Å². The molecule has 0 atom stereocenters. The van der Waals surface area contributed by atoms with Crippen LogP contribution in [-0.4, -0.2) is 46.8 Å². The van der Waals surface area contributed by atoms with Gasteiger partial charge in [0.15, 0.2) is 0 Å². The van der Waals surface area contributed by atoms with Gasteiger partial charge in [-0.25, -0.2) is 4.39 Å². The molecule has 3 rings (SSSR count). The van der Waals surface area contributed by atoms with Crippen molar-refractivity contribution in [3.05, 3.63) is 34.5 Å². The first-order valence-electron chi connectivity index (χ1n) is 7.47. The third-order valence-electron chi connectivity index (χ3n) is 3.88. The summed E-state index contributed by atoms with van der Waals surface area (Å²) in [7, 11) is 0. The van der Waals surface area contributed by atoms with Crippen LogP contribution < -0.4 is 4.90 Å². The van der Waals surface area contributed by atoms with E-state index in [4.69, 9.17) is 5.11 Å². The molecule has 8 heteroatoms. The first kappa shape index (κ1) is 16.5. The Morgan fingerprint density at radius 2 is 2.00 bits per heavy atom. The van der Waals surface area contributed by atoms with Crippen molar-refractivity contribution in [3.8, 4) is 0 Å². The number of carbonyl (C=O) groups is 3. The SMILES string of the molecule is O=C(O)CN1C(=O)S/C(=C/c2ccc(N3CCCC3)c(F)c2)C1=O. The van der Waals surface area contributed by atoms with Crippen LogP contribution in [0.1, 0.15) is 18.4 Å². The number of halogens is 1. The topological polar surface area (TPSA) is 77.9 Å². The van der Waals surface area contributed by atoms with E-state index in [1.54, 1.807) is 12.1 Å². The van der Waals surface area contributed by atoms with Gasteiger partial charge in [-0.2, -0.15) is 0 Å². The van der Waals surface area contributed by atoms with E-state index < -0.39 is 23.7 Å². The molecule has 1 aromatic rings. The molecule has 2 aliphatic rings. The van der Waals surface area contributed by atoms with Gasteiger partial charge in [-0.3, -0.25) is 19.3 Å². The fourth-order valence-corrected chi connectivity index (χ4v) is 3.59. The molecule has 2 aliphatic heterocycles. The fraction of sp³-hybridized carbons (Fsp3) is 0.312. The van der Waals surface area contributed by atoms with Crippen molar-refractivity contribution in [1.82, 2.24) is 4.90 Å². The first-order valence-corrected chi connectivity index (χ1v) is 8.29. The number of imide groups is 1. The van der Waals surface area contributed by atoms with E-state index >= 15 is 0 Å². The lowest BCUT2D eigenvalue weighted by Gasteiger charge is -2.18. The third kappa shape index (κ3) is 3.28. The summed E-state index contributed by atoms with van der Waals surface area (Å²) in [5, 5.41) is 8.09. The summed E-state index contributed by atoms with van der Waals surface area (Å²) in [5.41, 5.74) is 0.986. The average Bonchev–Trinajstić information content (AvgIpc) is 3.12. The van der Waals surface area contributed by atoms with Crippen LogP contribution in [0.2, 0.25) is 0 Å². The molecular formula is C16H15FN2O4S. The largest absolute Gasteiger partial charge is 0.480 e. The Morgan fingerprint density at radius 1 is 1.29 bits per heavy atom. The molecule has 126 valence electrons. The zero-order valence-electron chi connectivity index (χ0n) is 12.7. The summed E-state index contributed by atoms with van der Waals surface area (Å²) in [5.74, 6) is -2.31. The van der Waals surface area contributed by atoms with Crippen LogP contribution in [0, 0.1) is 5.82 Å². The van der Waals surface area contributed by atoms with Gasteiger partial charge < -0.3 is 10.0 Å². The summed E-state index contributed by atoms with van der Waals surface area (Å²) >= 11 is 0.656. The maximum absolute atomic E-state index is 14.3. The number of anilines is 1. The van der Waals surface area contributed by atoms with Crippen LogP contribution >= 0.6 is 11.8 Å². The molecule has 0 unspecified atom stereocenters. The molecular weight excluding hydrogens is 335 g/mol. The van der Waals surface area contributed by atoms with E-state index in [-0.39, 0.29) is 10.7 Å². The number of amides is 2. The van der Waals surface area contributed by atoms with Crippen LogP contribution in [0.3, 0.4) is 0 Å².